The molecule has 1 aliphatic carbocycles. The number of amides is 1. The van der Waals surface area contributed by atoms with Crippen molar-refractivity contribution in [2.75, 3.05) is 13.1 Å². The van der Waals surface area contributed by atoms with Crippen LogP contribution in [0.3, 0.4) is 0 Å². The first-order chi connectivity index (χ1) is 10.6. The Hall–Kier alpha value is -2.15. The van der Waals surface area contributed by atoms with Gasteiger partial charge in [0.2, 0.25) is 0 Å². The number of rotatable bonds is 4. The summed E-state index contributed by atoms with van der Waals surface area (Å²) in [7, 11) is 2.04. The second kappa shape index (κ2) is 4.95. The fourth-order valence-electron chi connectivity index (χ4n) is 3.50. The van der Waals surface area contributed by atoms with Crippen LogP contribution in [0.15, 0.2) is 12.4 Å². The van der Waals surface area contributed by atoms with Crippen LogP contribution in [0.2, 0.25) is 0 Å². The standard InChI is InChI=1S/C15H20N6O/c1-19-14(12-3-2-4-13(12)18-19)9-20-7-11(8-20)21-6-10(5-17-21)15(16)22/h5-6,11H,2-4,7-9H2,1H3,(H2,16,22). The molecule has 2 aliphatic rings. The number of aromatic nitrogens is 4. The van der Waals surface area contributed by atoms with Gasteiger partial charge in [-0.15, -0.1) is 0 Å². The van der Waals surface area contributed by atoms with Gasteiger partial charge in [-0.2, -0.15) is 10.2 Å². The molecule has 22 heavy (non-hydrogen) atoms. The fourth-order valence-corrected chi connectivity index (χ4v) is 3.50. The van der Waals surface area contributed by atoms with Crippen molar-refractivity contribution >= 4 is 5.91 Å². The lowest BCUT2D eigenvalue weighted by molar-refractivity contribution is 0.0877. The summed E-state index contributed by atoms with van der Waals surface area (Å²) in [5, 5.41) is 8.86. The predicted octanol–water partition coefficient (Wildman–Crippen LogP) is 0.261. The van der Waals surface area contributed by atoms with E-state index in [0.29, 0.717) is 11.6 Å². The molecule has 0 unspecified atom stereocenters. The minimum absolute atomic E-state index is 0.328. The highest BCUT2D eigenvalue weighted by molar-refractivity contribution is 5.92. The molecule has 2 N–H and O–H groups in total. The SMILES string of the molecule is Cn1nc2c(c1CN1CC(n3cc(C(N)=O)cn3)C1)CCC2. The van der Waals surface area contributed by atoms with Crippen molar-refractivity contribution in [1.82, 2.24) is 24.5 Å². The van der Waals surface area contributed by atoms with Crippen LogP contribution < -0.4 is 5.73 Å². The van der Waals surface area contributed by atoms with Gasteiger partial charge >= 0.3 is 0 Å². The number of carbonyl (C=O) groups is 1. The van der Waals surface area contributed by atoms with Gasteiger partial charge in [-0.25, -0.2) is 0 Å². The number of likely N-dealkylation sites (tertiary alicyclic amines) is 1. The number of nitrogens with zero attached hydrogens (tertiary/aromatic N) is 5. The fraction of sp³-hybridized carbons (Fsp3) is 0.533. The first-order valence-electron chi connectivity index (χ1n) is 7.72. The number of nitrogens with two attached hydrogens (primary N) is 1. The third-order valence-corrected chi connectivity index (χ3v) is 4.77. The number of hydrogen-bond acceptors (Lipinski definition) is 4. The average Bonchev–Trinajstić information content (AvgIpc) is 3.10. The van der Waals surface area contributed by atoms with Gasteiger partial charge in [-0.1, -0.05) is 0 Å². The summed E-state index contributed by atoms with van der Waals surface area (Å²) >= 11 is 0. The van der Waals surface area contributed by atoms with Crippen LogP contribution in [0.4, 0.5) is 0 Å². The van der Waals surface area contributed by atoms with Crippen LogP contribution >= 0.6 is 0 Å². The van der Waals surface area contributed by atoms with E-state index < -0.39 is 5.91 Å². The molecule has 2 aromatic heterocycles. The van der Waals surface area contributed by atoms with Crippen molar-refractivity contribution in [3.8, 4) is 0 Å². The molecular weight excluding hydrogens is 280 g/mol. The predicted molar refractivity (Wildman–Crippen MR) is 80.3 cm³/mol. The van der Waals surface area contributed by atoms with Crippen LogP contribution in [0, 0.1) is 0 Å². The van der Waals surface area contributed by atoms with Crippen LogP contribution in [0.25, 0.3) is 0 Å². The zero-order valence-electron chi connectivity index (χ0n) is 12.7. The molecule has 3 heterocycles. The van der Waals surface area contributed by atoms with Gasteiger partial charge in [0.05, 0.1) is 29.2 Å². The van der Waals surface area contributed by atoms with Crippen molar-refractivity contribution in [2.45, 2.75) is 31.8 Å². The number of carbonyl (C=O) groups excluding carboxylic acids is 1. The molecule has 7 nitrogen and oxygen atoms in total. The number of fused-ring (bicyclic) bond motifs is 1. The maximum atomic E-state index is 11.1. The van der Waals surface area contributed by atoms with E-state index in [1.165, 1.54) is 23.4 Å². The molecule has 1 saturated heterocycles. The smallest absolute Gasteiger partial charge is 0.251 e. The highest BCUT2D eigenvalue weighted by Gasteiger charge is 2.31. The van der Waals surface area contributed by atoms with Gasteiger partial charge in [-0.3, -0.25) is 19.1 Å². The lowest BCUT2D eigenvalue weighted by atomic mass is 10.1. The van der Waals surface area contributed by atoms with Crippen LogP contribution in [0.1, 0.15) is 39.8 Å². The molecule has 2 aromatic rings. The second-order valence-electron chi connectivity index (χ2n) is 6.27. The molecule has 7 heteroatoms. The Balaban J connectivity index is 1.40. The Bertz CT molecular complexity index is 724. The third kappa shape index (κ3) is 2.12. The lowest BCUT2D eigenvalue weighted by Crippen LogP contribution is -2.47. The topological polar surface area (TPSA) is 82.0 Å². The summed E-state index contributed by atoms with van der Waals surface area (Å²) in [6, 6.07) is 0.328. The van der Waals surface area contributed by atoms with E-state index in [0.717, 1.165) is 32.5 Å². The Morgan fingerprint density at radius 3 is 2.95 bits per heavy atom. The van der Waals surface area contributed by atoms with E-state index in [9.17, 15) is 4.79 Å². The molecule has 4 rings (SSSR count). The Morgan fingerprint density at radius 2 is 2.23 bits per heavy atom. The van der Waals surface area contributed by atoms with E-state index in [2.05, 4.69) is 15.1 Å². The van der Waals surface area contributed by atoms with E-state index >= 15 is 0 Å². The van der Waals surface area contributed by atoms with Crippen molar-refractivity contribution in [1.29, 1.82) is 0 Å². The third-order valence-electron chi connectivity index (χ3n) is 4.77. The van der Waals surface area contributed by atoms with Gasteiger partial charge in [0.25, 0.3) is 5.91 Å². The second-order valence-corrected chi connectivity index (χ2v) is 6.27. The van der Waals surface area contributed by atoms with Crippen molar-refractivity contribution in [3.05, 3.63) is 34.9 Å². The maximum Gasteiger partial charge on any atom is 0.251 e. The summed E-state index contributed by atoms with van der Waals surface area (Å²) in [5.74, 6) is -0.423. The van der Waals surface area contributed by atoms with Gasteiger partial charge < -0.3 is 5.73 Å². The Kier molecular flexibility index (Phi) is 3.04. The van der Waals surface area contributed by atoms with Crippen LogP contribution in [-0.2, 0) is 26.4 Å². The largest absolute Gasteiger partial charge is 0.366 e. The van der Waals surface area contributed by atoms with Crippen molar-refractivity contribution in [2.24, 2.45) is 12.8 Å². The molecule has 116 valence electrons. The molecule has 1 amide bonds. The van der Waals surface area contributed by atoms with Gasteiger partial charge in [-0.05, 0) is 24.8 Å². The molecule has 1 aliphatic heterocycles. The van der Waals surface area contributed by atoms with E-state index in [4.69, 9.17) is 5.73 Å². The summed E-state index contributed by atoms with van der Waals surface area (Å²) in [6.45, 7) is 2.83. The van der Waals surface area contributed by atoms with E-state index in [-0.39, 0.29) is 0 Å². The highest BCUT2D eigenvalue weighted by Crippen LogP contribution is 2.28. The van der Waals surface area contributed by atoms with Gasteiger partial charge in [0.1, 0.15) is 0 Å². The highest BCUT2D eigenvalue weighted by atomic mass is 16.1. The van der Waals surface area contributed by atoms with Crippen molar-refractivity contribution in [3.63, 3.8) is 0 Å². The van der Waals surface area contributed by atoms with E-state index in [1.807, 2.05) is 16.4 Å². The van der Waals surface area contributed by atoms with Crippen LogP contribution in [-0.4, -0.2) is 43.5 Å². The molecule has 0 saturated carbocycles. The van der Waals surface area contributed by atoms with Crippen molar-refractivity contribution < 1.29 is 4.79 Å². The molecular formula is C15H20N6O. The zero-order valence-corrected chi connectivity index (χ0v) is 12.7. The first kappa shape index (κ1) is 13.5. The van der Waals surface area contributed by atoms with E-state index in [1.54, 1.807) is 12.4 Å². The summed E-state index contributed by atoms with van der Waals surface area (Å²) in [6.07, 6.45) is 6.80. The number of aryl methyl sites for hydroxylation is 2. The molecule has 0 aromatic carbocycles. The summed E-state index contributed by atoms with van der Waals surface area (Å²) < 4.78 is 3.89. The van der Waals surface area contributed by atoms with Crippen LogP contribution in [0.5, 0.6) is 0 Å². The van der Waals surface area contributed by atoms with Gasteiger partial charge in [0, 0.05) is 32.9 Å². The summed E-state index contributed by atoms with van der Waals surface area (Å²) in [5.41, 5.74) is 9.83. The molecule has 1 fully saturated rings. The quantitative estimate of drug-likeness (QED) is 0.878. The monoisotopic (exact) mass is 300 g/mol. The molecule has 0 atom stereocenters. The Labute approximate surface area is 128 Å². The minimum Gasteiger partial charge on any atom is -0.366 e. The zero-order chi connectivity index (χ0) is 15.3. The minimum atomic E-state index is -0.423. The maximum absolute atomic E-state index is 11.1. The summed E-state index contributed by atoms with van der Waals surface area (Å²) in [4.78, 5) is 13.5. The lowest BCUT2D eigenvalue weighted by Gasteiger charge is -2.39. The number of primary amides is 1. The Morgan fingerprint density at radius 1 is 1.41 bits per heavy atom. The normalized spacial score (nSPS) is 18.4. The average molecular weight is 300 g/mol. The first-order valence-corrected chi connectivity index (χ1v) is 7.72. The number of hydrogen-bond donors (Lipinski definition) is 1. The van der Waals surface area contributed by atoms with Gasteiger partial charge in [0.15, 0.2) is 0 Å². The molecule has 0 bridgehead atoms. The molecule has 0 radical (unpaired) electrons. The molecule has 0 spiro atoms.